The molecule has 0 saturated heterocycles. The van der Waals surface area contributed by atoms with E-state index in [-0.39, 0.29) is 44.6 Å². The van der Waals surface area contributed by atoms with Crippen LogP contribution in [0, 0.1) is 34.6 Å². The Hall–Kier alpha value is -8.81. The van der Waals surface area contributed by atoms with Gasteiger partial charge in [0.25, 0.3) is 0 Å². The predicted octanol–water partition coefficient (Wildman–Crippen LogP) is 26.2. The van der Waals surface area contributed by atoms with Crippen molar-refractivity contribution in [2.45, 2.75) is 85.7 Å². The molecule has 21 rings (SSSR count). The molecule has 0 amide bonds. The Morgan fingerprint density at radius 2 is 0.661 bits per heavy atom. The van der Waals surface area contributed by atoms with Gasteiger partial charge in [0.05, 0.1) is 0 Å². The van der Waals surface area contributed by atoms with Gasteiger partial charge in [-0.15, -0.1) is 11.3 Å². The van der Waals surface area contributed by atoms with Crippen molar-refractivity contribution in [3.8, 4) is 11.1 Å². The molecule has 0 bridgehead atoms. The predicted molar refractivity (Wildman–Crippen MR) is 500 cm³/mol. The second-order valence-electron chi connectivity index (χ2n) is 26.3. The Balaban J connectivity index is 0.000000141. The van der Waals surface area contributed by atoms with Gasteiger partial charge in [-0.3, -0.25) is 0 Å². The summed E-state index contributed by atoms with van der Waals surface area (Å²) in [5, 5.41) is 21.3. The summed E-state index contributed by atoms with van der Waals surface area (Å²) in [7, 11) is -2.09. The molecule has 0 atom stereocenters. The molecule has 0 fully saturated rings. The van der Waals surface area contributed by atoms with Crippen molar-refractivity contribution >= 4 is 224 Å². The van der Waals surface area contributed by atoms with E-state index in [1.807, 2.05) is 35.9 Å². The minimum atomic E-state index is -2.09. The third-order valence-corrected chi connectivity index (χ3v) is 38.0. The normalized spacial score (nSPS) is 10.8. The first-order valence-electron chi connectivity index (χ1n) is 34.7. The maximum atomic E-state index is 4.44. The van der Waals surface area contributed by atoms with Gasteiger partial charge in [0.15, 0.2) is 0 Å². The van der Waals surface area contributed by atoms with Crippen LogP contribution in [0.3, 0.4) is 0 Å². The Morgan fingerprint density at radius 1 is 0.275 bits per heavy atom. The number of nitrogens with zero attached hydrogens (tertiary/aromatic N) is 2. The molecule has 13 aromatic carbocycles. The first kappa shape index (κ1) is 82.7. The molecule has 0 unspecified atom stereocenters. The number of aromatic nitrogens is 2. The molecular weight excluding hydrogens is 1680 g/mol. The average Bonchev–Trinajstić information content (AvgIpc) is 1.50. The zero-order valence-corrected chi connectivity index (χ0v) is 68.4. The number of hydrogen-bond acceptors (Lipinski definition) is 3. The van der Waals surface area contributed by atoms with Gasteiger partial charge in [0.1, 0.15) is 8.07 Å². The van der Waals surface area contributed by atoms with Crippen LogP contribution >= 0.6 is 11.3 Å². The molecule has 0 spiro atoms. The van der Waals surface area contributed by atoms with Gasteiger partial charge in [-0.05, 0) is 21.6 Å². The molecule has 0 aliphatic carbocycles. The van der Waals surface area contributed by atoms with Crippen LogP contribution in [-0.4, -0.2) is 90.6 Å². The number of benzene rings is 13. The third kappa shape index (κ3) is 16.9. The number of thiophene rings is 1. The van der Waals surface area contributed by atoms with E-state index < -0.39 is 8.07 Å². The van der Waals surface area contributed by atoms with E-state index in [4.69, 9.17) is 0 Å². The zero-order chi connectivity index (χ0) is 70.0. The number of hydrogen-bond donors (Lipinski definition) is 0. The van der Waals surface area contributed by atoms with Crippen molar-refractivity contribution < 1.29 is 0 Å². The summed E-state index contributed by atoms with van der Waals surface area (Å²) in [4.78, 5) is 8.87. The van der Waals surface area contributed by atoms with Crippen LogP contribution in [0.1, 0.15) is 72.4 Å². The van der Waals surface area contributed by atoms with Crippen molar-refractivity contribution in [1.29, 1.82) is 0 Å². The fraction of sp³-hybridized carbons (Fsp3) is 0.120. The monoisotopic (exact) mass is 1780 g/mol. The standard InChI is InChI=1S/C25H20SSi.C19H14Se.2C13H10Se.2C12H9NSe.6CH4/c1-27(19-11-4-2-5-12-19,20-13-6-3-7-14-20)24-18-10-16-22-21-15-8-9-17-23(21)26-25(22)24;1-13-9-11-14(12-10-13)15-6-4-7-17-16-5-2-3-8-18(16)20-19(15)17;1-9-5-4-7-11-10-6-2-3-8-12(10)14-13(9)11;1-9-6-7-13-11(8-9)10-4-2-3-5-12(10)14-13;1-8-4-2-5-9-10-6-3-7-13-12(10)14-11(8)9;1-8-4-5-11-10(7-8)9-3-2-6-13-12(9)14-11;;;;;;/h2-18H,1H3;2-12H,1H3;2*2-8H,1H3;2*2-7H,1H3;6*1H4. The zero-order valence-electron chi connectivity index (χ0n) is 58.0. The van der Waals surface area contributed by atoms with Gasteiger partial charge in [0, 0.05) is 20.2 Å². The molecule has 8 aromatic heterocycles. The number of pyridine rings is 2. The van der Waals surface area contributed by atoms with Crippen molar-refractivity contribution in [3.63, 3.8) is 0 Å². The van der Waals surface area contributed by atoms with Crippen LogP contribution in [0.5, 0.6) is 0 Å². The Bertz CT molecular complexity index is 6310. The molecule has 2 nitrogen and oxygen atoms in total. The molecule has 109 heavy (non-hydrogen) atoms. The summed E-state index contributed by atoms with van der Waals surface area (Å²) in [6.07, 6.45) is 3.78. The summed E-state index contributed by atoms with van der Waals surface area (Å²) in [6.45, 7) is 13.3. The fourth-order valence-corrected chi connectivity index (χ4v) is 31.5. The Labute approximate surface area is 680 Å². The second kappa shape index (κ2) is 36.8. The fourth-order valence-electron chi connectivity index (χ4n) is 14.1. The van der Waals surface area contributed by atoms with Crippen molar-refractivity contribution in [3.05, 3.63) is 356 Å². The SMILES string of the molecule is C.C.C.C.C.C.C[Si](c1ccccc1)(c1ccccc1)c1cccc2c1sc1ccccc12.Cc1ccc(-c2cccc3c2[se]c2ccccc23)cc1.Cc1ccc2[se]c3ccccc3c2c1.Cc1ccc2[se]c3ncccc3c2c1.Cc1cccc2c1[se]c1ccccc12.Cc1cccc2c1[se]c1ncccc12. The number of aryl methyl sites for hydroxylation is 5. The number of fused-ring (bicyclic) bond motifs is 18. The molecule has 0 aliphatic rings. The molecule has 0 saturated carbocycles. The summed E-state index contributed by atoms with van der Waals surface area (Å²) in [5.74, 6) is 0. The molecule has 0 aliphatic heterocycles. The maximum absolute atomic E-state index is 4.44. The third-order valence-electron chi connectivity index (χ3n) is 19.4. The average molecular weight is 1780 g/mol. The summed E-state index contributed by atoms with van der Waals surface area (Å²) >= 11 is 4.25. The number of rotatable bonds is 4. The van der Waals surface area contributed by atoms with Crippen molar-refractivity contribution in [2.24, 2.45) is 0 Å². The van der Waals surface area contributed by atoms with Crippen LogP contribution in [-0.2, 0) is 0 Å². The minimum absolute atomic E-state index is 0. The van der Waals surface area contributed by atoms with E-state index in [2.05, 4.69) is 354 Å². The van der Waals surface area contributed by atoms with E-state index >= 15 is 0 Å². The van der Waals surface area contributed by atoms with E-state index in [0.29, 0.717) is 72.5 Å². The van der Waals surface area contributed by atoms with Crippen LogP contribution in [0.4, 0.5) is 0 Å². The Kier molecular flexibility index (Phi) is 27.9. The second-order valence-corrected chi connectivity index (χ2v) is 42.2. The van der Waals surface area contributed by atoms with Gasteiger partial charge >= 0.3 is 477 Å². The van der Waals surface area contributed by atoms with Crippen LogP contribution in [0.2, 0.25) is 6.55 Å². The summed E-state index contributed by atoms with van der Waals surface area (Å²) in [6, 6.07) is 115. The molecule has 546 valence electrons. The van der Waals surface area contributed by atoms with E-state index in [1.54, 1.807) is 4.26 Å². The van der Waals surface area contributed by atoms with Gasteiger partial charge in [-0.1, -0.05) is 148 Å². The molecule has 8 heterocycles. The Morgan fingerprint density at radius 3 is 1.24 bits per heavy atom. The molecule has 9 heteroatoms. The molecule has 21 aromatic rings. The van der Waals surface area contributed by atoms with E-state index in [1.165, 1.54) is 167 Å². The topological polar surface area (TPSA) is 25.8 Å². The van der Waals surface area contributed by atoms with E-state index in [9.17, 15) is 0 Å². The molecular formula is C100H96N2SSe5Si. The first-order valence-corrected chi connectivity index (χ1v) is 46.6. The van der Waals surface area contributed by atoms with E-state index in [0.717, 1.165) is 0 Å². The van der Waals surface area contributed by atoms with Gasteiger partial charge < -0.3 is 0 Å². The van der Waals surface area contributed by atoms with Gasteiger partial charge in [-0.2, -0.15) is 0 Å². The van der Waals surface area contributed by atoms with Gasteiger partial charge in [-0.25, -0.2) is 0 Å². The van der Waals surface area contributed by atoms with Crippen LogP contribution in [0.25, 0.3) is 128 Å². The summed E-state index contributed by atoms with van der Waals surface area (Å²) in [5.41, 5.74) is 9.59. The quantitative estimate of drug-likeness (QED) is 0.130. The first-order chi connectivity index (χ1) is 50.5. The van der Waals surface area contributed by atoms with Crippen molar-refractivity contribution in [1.82, 2.24) is 9.97 Å². The molecule has 0 radical (unpaired) electrons. The van der Waals surface area contributed by atoms with Crippen molar-refractivity contribution in [2.75, 3.05) is 0 Å². The van der Waals surface area contributed by atoms with Crippen LogP contribution in [0.15, 0.2) is 328 Å². The molecule has 0 N–H and O–H groups in total. The summed E-state index contributed by atoms with van der Waals surface area (Å²) < 4.78 is 17.6. The van der Waals surface area contributed by atoms with Gasteiger partial charge in [0.2, 0.25) is 0 Å². The van der Waals surface area contributed by atoms with Crippen LogP contribution < -0.4 is 15.6 Å².